The first-order valence-corrected chi connectivity index (χ1v) is 9.39. The standard InChI is InChI=1S/C12H25NO4Si/c1-8-18(6,7)9(10(14)16-5)13-11(15)17-12(2,3)4/h9H,8H2,1-7H3,(H,13,15). The Labute approximate surface area is 110 Å². The van der Waals surface area contributed by atoms with Crippen molar-refractivity contribution in [2.24, 2.45) is 0 Å². The van der Waals surface area contributed by atoms with Gasteiger partial charge in [-0.3, -0.25) is 4.79 Å². The summed E-state index contributed by atoms with van der Waals surface area (Å²) in [6.45, 7) is 11.4. The van der Waals surface area contributed by atoms with Crippen LogP contribution in [-0.2, 0) is 14.3 Å². The normalized spacial score (nSPS) is 13.7. The van der Waals surface area contributed by atoms with Crippen molar-refractivity contribution in [3.63, 3.8) is 0 Å². The molecule has 0 spiro atoms. The van der Waals surface area contributed by atoms with Crippen LogP contribution >= 0.6 is 0 Å². The predicted octanol–water partition coefficient (Wildman–Crippen LogP) is 2.32. The Kier molecular flexibility index (Phi) is 5.86. The number of ether oxygens (including phenoxy) is 2. The van der Waals surface area contributed by atoms with E-state index in [9.17, 15) is 9.59 Å². The molecule has 0 saturated carbocycles. The van der Waals surface area contributed by atoms with Crippen molar-refractivity contribution in [2.75, 3.05) is 7.11 Å². The summed E-state index contributed by atoms with van der Waals surface area (Å²) < 4.78 is 9.92. The van der Waals surface area contributed by atoms with Gasteiger partial charge in [-0.15, -0.1) is 0 Å². The number of nitrogens with one attached hydrogen (secondary N) is 1. The van der Waals surface area contributed by atoms with Gasteiger partial charge in [0, 0.05) is 0 Å². The number of hydrogen-bond acceptors (Lipinski definition) is 4. The van der Waals surface area contributed by atoms with Gasteiger partial charge in [-0.25, -0.2) is 4.79 Å². The number of esters is 1. The summed E-state index contributed by atoms with van der Waals surface area (Å²) in [6, 6.07) is 0.864. The second-order valence-corrected chi connectivity index (χ2v) is 11.2. The van der Waals surface area contributed by atoms with Crippen LogP contribution < -0.4 is 5.32 Å². The van der Waals surface area contributed by atoms with Crippen LogP contribution in [0, 0.1) is 0 Å². The zero-order valence-electron chi connectivity index (χ0n) is 12.4. The van der Waals surface area contributed by atoms with E-state index in [0.29, 0.717) is 0 Å². The lowest BCUT2D eigenvalue weighted by Gasteiger charge is -2.30. The number of carbonyl (C=O) groups is 2. The van der Waals surface area contributed by atoms with E-state index < -0.39 is 31.4 Å². The molecule has 1 atom stereocenters. The molecule has 0 radical (unpaired) electrons. The highest BCUT2D eigenvalue weighted by molar-refractivity contribution is 6.81. The Morgan fingerprint density at radius 1 is 1.28 bits per heavy atom. The van der Waals surface area contributed by atoms with Crippen LogP contribution in [0.5, 0.6) is 0 Å². The summed E-state index contributed by atoms with van der Waals surface area (Å²) >= 11 is 0. The molecule has 0 aromatic carbocycles. The van der Waals surface area contributed by atoms with E-state index >= 15 is 0 Å². The third-order valence-electron chi connectivity index (χ3n) is 2.79. The van der Waals surface area contributed by atoms with Crippen LogP contribution in [0.2, 0.25) is 19.1 Å². The SMILES string of the molecule is CC[Si](C)(C)C(NC(=O)OC(C)(C)C)C(=O)OC. The Hall–Kier alpha value is -1.04. The molecule has 0 bridgehead atoms. The zero-order valence-corrected chi connectivity index (χ0v) is 13.4. The highest BCUT2D eigenvalue weighted by atomic mass is 28.3. The molecule has 1 amide bonds. The van der Waals surface area contributed by atoms with Crippen LogP contribution in [0.1, 0.15) is 27.7 Å². The molecule has 0 aliphatic rings. The van der Waals surface area contributed by atoms with Gasteiger partial charge in [0.2, 0.25) is 0 Å². The van der Waals surface area contributed by atoms with Crippen LogP contribution in [0.3, 0.4) is 0 Å². The zero-order chi connectivity index (χ0) is 14.6. The number of hydrogen-bond donors (Lipinski definition) is 1. The quantitative estimate of drug-likeness (QED) is 0.631. The summed E-state index contributed by atoms with van der Waals surface area (Å²) in [4.78, 5) is 23.5. The van der Waals surface area contributed by atoms with Crippen molar-refractivity contribution in [3.8, 4) is 0 Å². The summed E-state index contributed by atoms with van der Waals surface area (Å²) in [5.41, 5.74) is -1.16. The van der Waals surface area contributed by atoms with E-state index in [2.05, 4.69) is 5.32 Å². The van der Waals surface area contributed by atoms with Crippen molar-refractivity contribution >= 4 is 20.1 Å². The van der Waals surface area contributed by atoms with Crippen LogP contribution in [0.15, 0.2) is 0 Å². The molecule has 0 rings (SSSR count). The van der Waals surface area contributed by atoms with E-state index in [1.165, 1.54) is 7.11 Å². The van der Waals surface area contributed by atoms with E-state index in [1.807, 2.05) is 20.0 Å². The molecule has 0 fully saturated rings. The Morgan fingerprint density at radius 2 is 1.78 bits per heavy atom. The molecule has 5 nitrogen and oxygen atoms in total. The minimum absolute atomic E-state index is 0.403. The minimum Gasteiger partial charge on any atom is -0.468 e. The third kappa shape index (κ3) is 5.53. The molecule has 0 aliphatic carbocycles. The summed E-state index contributed by atoms with van der Waals surface area (Å²) in [6.07, 6.45) is -0.577. The molecular formula is C12H25NO4Si. The Bertz CT molecular complexity index is 310. The predicted molar refractivity (Wildman–Crippen MR) is 73.1 cm³/mol. The van der Waals surface area contributed by atoms with Gasteiger partial charge in [0.15, 0.2) is 0 Å². The lowest BCUT2D eigenvalue weighted by molar-refractivity contribution is -0.141. The van der Waals surface area contributed by atoms with E-state index in [-0.39, 0.29) is 0 Å². The smallest absolute Gasteiger partial charge is 0.408 e. The molecule has 106 valence electrons. The second kappa shape index (κ2) is 6.22. The number of carbonyl (C=O) groups excluding carboxylic acids is 2. The molecule has 0 heterocycles. The van der Waals surface area contributed by atoms with Gasteiger partial charge >= 0.3 is 12.1 Å². The average molecular weight is 275 g/mol. The molecule has 18 heavy (non-hydrogen) atoms. The topological polar surface area (TPSA) is 64.6 Å². The summed E-state index contributed by atoms with van der Waals surface area (Å²) in [5.74, 6) is -0.403. The van der Waals surface area contributed by atoms with Gasteiger partial charge in [0.05, 0.1) is 15.2 Å². The number of amides is 1. The molecule has 6 heteroatoms. The average Bonchev–Trinajstić information content (AvgIpc) is 2.22. The van der Waals surface area contributed by atoms with Crippen LogP contribution in [0.25, 0.3) is 0 Å². The number of rotatable bonds is 4. The van der Waals surface area contributed by atoms with E-state index in [0.717, 1.165) is 6.04 Å². The number of methoxy groups -OCH3 is 1. The van der Waals surface area contributed by atoms with Gasteiger partial charge in [-0.1, -0.05) is 26.1 Å². The fourth-order valence-corrected chi connectivity index (χ4v) is 2.99. The molecule has 0 aromatic heterocycles. The maximum Gasteiger partial charge on any atom is 0.408 e. The maximum atomic E-state index is 11.8. The Balaban J connectivity index is 4.82. The minimum atomic E-state index is -1.92. The van der Waals surface area contributed by atoms with Crippen molar-refractivity contribution < 1.29 is 19.1 Å². The van der Waals surface area contributed by atoms with Crippen LogP contribution in [-0.4, -0.2) is 38.5 Å². The first kappa shape index (κ1) is 17.0. The number of alkyl carbamates (subject to hydrolysis) is 1. The summed E-state index contributed by atoms with van der Waals surface area (Å²) in [5, 5.41) is 2.64. The van der Waals surface area contributed by atoms with Gasteiger partial charge in [0.1, 0.15) is 11.3 Å². The highest BCUT2D eigenvalue weighted by Gasteiger charge is 2.38. The fourth-order valence-electron chi connectivity index (χ4n) is 1.32. The summed E-state index contributed by atoms with van der Waals surface area (Å²) in [7, 11) is -0.590. The fraction of sp³-hybridized carbons (Fsp3) is 0.833. The molecule has 0 saturated heterocycles. The van der Waals surface area contributed by atoms with Gasteiger partial charge in [-0.2, -0.15) is 0 Å². The molecule has 0 aromatic rings. The van der Waals surface area contributed by atoms with Gasteiger partial charge in [-0.05, 0) is 20.8 Å². The van der Waals surface area contributed by atoms with Crippen molar-refractivity contribution in [1.82, 2.24) is 5.32 Å². The second-order valence-electron chi connectivity index (χ2n) is 5.94. The molecule has 1 N–H and O–H groups in total. The first-order valence-electron chi connectivity index (χ1n) is 6.11. The monoisotopic (exact) mass is 275 g/mol. The largest absolute Gasteiger partial charge is 0.468 e. The molecule has 0 aliphatic heterocycles. The van der Waals surface area contributed by atoms with Crippen molar-refractivity contribution in [1.29, 1.82) is 0 Å². The molecular weight excluding hydrogens is 250 g/mol. The third-order valence-corrected chi connectivity index (χ3v) is 6.56. The first-order chi connectivity index (χ1) is 8.03. The maximum absolute atomic E-state index is 11.8. The van der Waals surface area contributed by atoms with Crippen molar-refractivity contribution in [2.45, 2.75) is 58.1 Å². The van der Waals surface area contributed by atoms with Crippen molar-refractivity contribution in [3.05, 3.63) is 0 Å². The Morgan fingerprint density at radius 3 is 2.11 bits per heavy atom. The van der Waals surface area contributed by atoms with Crippen LogP contribution in [0.4, 0.5) is 4.79 Å². The van der Waals surface area contributed by atoms with Gasteiger partial charge in [0.25, 0.3) is 0 Å². The lowest BCUT2D eigenvalue weighted by Crippen LogP contribution is -2.58. The van der Waals surface area contributed by atoms with E-state index in [4.69, 9.17) is 9.47 Å². The molecule has 1 unspecified atom stereocenters. The van der Waals surface area contributed by atoms with E-state index in [1.54, 1.807) is 20.8 Å². The lowest BCUT2D eigenvalue weighted by atomic mass is 10.2. The highest BCUT2D eigenvalue weighted by Crippen LogP contribution is 2.16. The van der Waals surface area contributed by atoms with Gasteiger partial charge < -0.3 is 14.8 Å².